The summed E-state index contributed by atoms with van der Waals surface area (Å²) in [5.41, 5.74) is 2.34. The summed E-state index contributed by atoms with van der Waals surface area (Å²) in [5.74, 6) is 0.0739. The van der Waals surface area contributed by atoms with Crippen molar-refractivity contribution in [3.8, 4) is 0 Å². The molecule has 1 amide bonds. The minimum Gasteiger partial charge on any atom is -0.510 e. The lowest BCUT2D eigenvalue weighted by atomic mass is 9.86. The maximum absolute atomic E-state index is 13.2. The molecule has 1 N–H and O–H groups in total. The molecule has 10 heteroatoms. The minimum atomic E-state index is -4.42. The highest BCUT2D eigenvalue weighted by Gasteiger charge is 2.43. The summed E-state index contributed by atoms with van der Waals surface area (Å²) in [7, 11) is 0. The van der Waals surface area contributed by atoms with Gasteiger partial charge >= 0.3 is 6.18 Å². The average Bonchev–Trinajstić information content (AvgIpc) is 3.18. The fourth-order valence-corrected chi connectivity index (χ4v) is 6.29. The number of aromatic nitrogens is 2. The van der Waals surface area contributed by atoms with E-state index in [0.29, 0.717) is 47.7 Å². The number of halogens is 3. The second kappa shape index (κ2) is 9.64. The van der Waals surface area contributed by atoms with Gasteiger partial charge < -0.3 is 10.0 Å². The van der Waals surface area contributed by atoms with Crippen LogP contribution >= 0.6 is 0 Å². The number of rotatable bonds is 3. The van der Waals surface area contributed by atoms with E-state index in [-0.39, 0.29) is 23.2 Å². The number of nitrogens with zero attached hydrogens (tertiary/aromatic N) is 5. The predicted molar refractivity (Wildman–Crippen MR) is 138 cm³/mol. The molecule has 7 nitrogen and oxygen atoms in total. The van der Waals surface area contributed by atoms with Crippen molar-refractivity contribution in [1.29, 1.82) is 0 Å². The van der Waals surface area contributed by atoms with Crippen LogP contribution in [0.5, 0.6) is 0 Å². The lowest BCUT2D eigenvalue weighted by Gasteiger charge is -2.52. The second-order valence-corrected chi connectivity index (χ2v) is 11.1. The Labute approximate surface area is 221 Å². The van der Waals surface area contributed by atoms with Crippen molar-refractivity contribution in [2.24, 2.45) is 0 Å². The number of piperidine rings is 1. The molecule has 1 aromatic carbocycles. The number of amides is 1. The van der Waals surface area contributed by atoms with Crippen molar-refractivity contribution in [1.82, 2.24) is 24.7 Å². The molecule has 0 saturated carbocycles. The summed E-state index contributed by atoms with van der Waals surface area (Å²) in [6.45, 7) is 11.6. The van der Waals surface area contributed by atoms with Crippen LogP contribution in [-0.2, 0) is 6.18 Å². The Hall–Kier alpha value is -2.98. The highest BCUT2D eigenvalue weighted by atomic mass is 19.4. The zero-order valence-electron chi connectivity index (χ0n) is 22.2. The lowest BCUT2D eigenvalue weighted by Crippen LogP contribution is -2.62. The molecule has 0 spiro atoms. The minimum absolute atomic E-state index is 0.0170. The van der Waals surface area contributed by atoms with Gasteiger partial charge in [0, 0.05) is 44.3 Å². The summed E-state index contributed by atoms with van der Waals surface area (Å²) < 4.78 is 39.6. The maximum atomic E-state index is 13.2. The standard InChI is InChI=1S/C28H34F3N5O2/c1-17-15-35(27(4)7-9-34(10-8-27)26(38)24-18(2)32-16-33-19(24)3)11-12-36(17)25-22-6-5-21(28(29,30)31)13-20(22)14-23(25)37/h5-6,13-14,16-17,25,37H,7-12,15H2,1-4H3/t17-,25?/m0/s1. The first-order chi connectivity index (χ1) is 17.9. The number of aliphatic hydroxyl groups is 1. The van der Waals surface area contributed by atoms with Gasteiger partial charge in [-0.25, -0.2) is 9.97 Å². The van der Waals surface area contributed by atoms with Crippen molar-refractivity contribution in [2.75, 3.05) is 32.7 Å². The SMILES string of the molecule is Cc1ncnc(C)c1C(=O)N1CCC(C)(N2CCN(C3C(O)=Cc4cc(C(F)(F)F)ccc43)[C@@H](C)C2)CC1. The highest BCUT2D eigenvalue weighted by molar-refractivity contribution is 5.96. The first kappa shape index (κ1) is 26.6. The third kappa shape index (κ3) is 4.68. The number of carbonyl (C=O) groups excluding carboxylic acids is 1. The number of hydrogen-bond acceptors (Lipinski definition) is 6. The van der Waals surface area contributed by atoms with Crippen LogP contribution in [0.15, 0.2) is 30.3 Å². The molecule has 1 aromatic heterocycles. The summed E-state index contributed by atoms with van der Waals surface area (Å²) in [5, 5.41) is 10.7. The molecule has 38 heavy (non-hydrogen) atoms. The van der Waals surface area contributed by atoms with Gasteiger partial charge in [-0.15, -0.1) is 0 Å². The van der Waals surface area contributed by atoms with E-state index >= 15 is 0 Å². The van der Waals surface area contributed by atoms with Gasteiger partial charge in [-0.2, -0.15) is 13.2 Å². The van der Waals surface area contributed by atoms with Gasteiger partial charge in [0.25, 0.3) is 5.91 Å². The zero-order valence-corrected chi connectivity index (χ0v) is 22.2. The number of aryl methyl sites for hydroxylation is 2. The Balaban J connectivity index is 1.24. The molecule has 0 bridgehead atoms. The van der Waals surface area contributed by atoms with Crippen molar-refractivity contribution < 1.29 is 23.1 Å². The van der Waals surface area contributed by atoms with Crippen LogP contribution in [-0.4, -0.2) is 80.0 Å². The number of likely N-dealkylation sites (tertiary alicyclic amines) is 1. The van der Waals surface area contributed by atoms with Crippen LogP contribution < -0.4 is 0 Å². The molecule has 2 aliphatic heterocycles. The number of hydrogen-bond donors (Lipinski definition) is 1. The van der Waals surface area contributed by atoms with Crippen molar-refractivity contribution >= 4 is 12.0 Å². The van der Waals surface area contributed by atoms with Gasteiger partial charge in [0.05, 0.1) is 28.6 Å². The van der Waals surface area contributed by atoms with Gasteiger partial charge in [0.2, 0.25) is 0 Å². The van der Waals surface area contributed by atoms with Crippen LogP contribution in [0.3, 0.4) is 0 Å². The normalized spacial score (nSPS) is 24.3. The molecule has 2 fully saturated rings. The topological polar surface area (TPSA) is 72.8 Å². The third-order valence-corrected chi connectivity index (χ3v) is 8.63. The molecule has 1 aliphatic carbocycles. The van der Waals surface area contributed by atoms with Gasteiger partial charge in [0.15, 0.2) is 0 Å². The molecular formula is C28H34F3N5O2. The smallest absolute Gasteiger partial charge is 0.416 e. The van der Waals surface area contributed by atoms with Gasteiger partial charge in [-0.3, -0.25) is 14.6 Å². The largest absolute Gasteiger partial charge is 0.510 e. The van der Waals surface area contributed by atoms with Crippen LogP contribution in [0.25, 0.3) is 6.08 Å². The van der Waals surface area contributed by atoms with E-state index in [4.69, 9.17) is 0 Å². The van der Waals surface area contributed by atoms with Gasteiger partial charge in [-0.1, -0.05) is 6.07 Å². The quantitative estimate of drug-likeness (QED) is 0.618. The van der Waals surface area contributed by atoms with E-state index in [1.54, 1.807) is 0 Å². The average molecular weight is 530 g/mol. The molecule has 2 aromatic rings. The van der Waals surface area contributed by atoms with E-state index in [1.807, 2.05) is 18.7 Å². The van der Waals surface area contributed by atoms with Crippen LogP contribution in [0.1, 0.15) is 71.2 Å². The summed E-state index contributed by atoms with van der Waals surface area (Å²) >= 11 is 0. The van der Waals surface area contributed by atoms with E-state index in [0.717, 1.165) is 38.1 Å². The molecule has 3 aliphatic rings. The fourth-order valence-electron chi connectivity index (χ4n) is 6.29. The number of aliphatic hydroxyl groups excluding tert-OH is 1. The van der Waals surface area contributed by atoms with Crippen molar-refractivity contribution in [3.63, 3.8) is 0 Å². The highest BCUT2D eigenvalue weighted by Crippen LogP contribution is 2.42. The van der Waals surface area contributed by atoms with E-state index in [9.17, 15) is 23.1 Å². The number of alkyl halides is 3. The molecule has 2 atom stereocenters. The van der Waals surface area contributed by atoms with E-state index < -0.39 is 17.8 Å². The van der Waals surface area contributed by atoms with Crippen LogP contribution in [0.4, 0.5) is 13.2 Å². The molecular weight excluding hydrogens is 495 g/mol. The van der Waals surface area contributed by atoms with E-state index in [1.165, 1.54) is 18.5 Å². The maximum Gasteiger partial charge on any atom is 0.416 e. The Morgan fingerprint density at radius 2 is 1.74 bits per heavy atom. The van der Waals surface area contributed by atoms with Crippen LogP contribution in [0.2, 0.25) is 0 Å². The van der Waals surface area contributed by atoms with Crippen molar-refractivity contribution in [3.05, 3.63) is 63.9 Å². The first-order valence-corrected chi connectivity index (χ1v) is 13.1. The molecule has 204 valence electrons. The summed E-state index contributed by atoms with van der Waals surface area (Å²) in [4.78, 5) is 28.2. The van der Waals surface area contributed by atoms with Gasteiger partial charge in [-0.05, 0) is 69.9 Å². The lowest BCUT2D eigenvalue weighted by molar-refractivity contribution is -0.137. The number of benzene rings is 1. The number of fused-ring (bicyclic) bond motifs is 1. The monoisotopic (exact) mass is 529 g/mol. The Morgan fingerprint density at radius 3 is 2.34 bits per heavy atom. The summed E-state index contributed by atoms with van der Waals surface area (Å²) in [6, 6.07) is 3.36. The molecule has 2 saturated heterocycles. The Kier molecular flexibility index (Phi) is 6.76. The Morgan fingerprint density at radius 1 is 1.08 bits per heavy atom. The first-order valence-electron chi connectivity index (χ1n) is 13.1. The Bertz CT molecular complexity index is 1250. The second-order valence-electron chi connectivity index (χ2n) is 11.1. The number of piperazine rings is 1. The van der Waals surface area contributed by atoms with E-state index in [2.05, 4.69) is 33.6 Å². The number of carbonyl (C=O) groups is 1. The zero-order chi connectivity index (χ0) is 27.4. The molecule has 5 rings (SSSR count). The fraction of sp³-hybridized carbons (Fsp3) is 0.536. The van der Waals surface area contributed by atoms with Crippen LogP contribution in [0, 0.1) is 13.8 Å². The van der Waals surface area contributed by atoms with Gasteiger partial charge in [0.1, 0.15) is 12.1 Å². The summed E-state index contributed by atoms with van der Waals surface area (Å²) in [6.07, 6.45) is 0.208. The molecule has 3 heterocycles. The molecule has 0 radical (unpaired) electrons. The molecule has 1 unspecified atom stereocenters. The predicted octanol–water partition coefficient (Wildman–Crippen LogP) is 4.77. The third-order valence-electron chi connectivity index (χ3n) is 8.63. The van der Waals surface area contributed by atoms with Crippen molar-refractivity contribution in [2.45, 2.75) is 64.3 Å².